The number of aliphatic hydroxyl groups excluding tert-OH is 1. The Morgan fingerprint density at radius 3 is 1.88 bits per heavy atom. The quantitative estimate of drug-likeness (QED) is 0.649. The maximum absolute atomic E-state index is 12.2. The van der Waals surface area contributed by atoms with Crippen LogP contribution < -0.4 is 0 Å². The van der Waals surface area contributed by atoms with Crippen LogP contribution in [0.1, 0.15) is 0 Å². The third-order valence-electron chi connectivity index (χ3n) is 1.85. The lowest BCUT2D eigenvalue weighted by atomic mass is 9.98. The third-order valence-corrected chi connectivity index (χ3v) is 1.85. The van der Waals surface area contributed by atoms with E-state index in [4.69, 9.17) is 5.11 Å². The molecule has 0 saturated carbocycles. The highest BCUT2D eigenvalue weighted by atomic mass is 19.4. The second-order valence-electron chi connectivity index (χ2n) is 3.01. The van der Waals surface area contributed by atoms with Gasteiger partial charge in [-0.15, -0.1) is 0 Å². The minimum absolute atomic E-state index is 0.598. The van der Waals surface area contributed by atoms with E-state index in [0.717, 1.165) is 12.2 Å². The van der Waals surface area contributed by atoms with Crippen LogP contribution in [0.25, 0.3) is 0 Å². The molecule has 1 aliphatic rings. The summed E-state index contributed by atoms with van der Waals surface area (Å²) in [4.78, 5) is 0. The monoisotopic (exact) mass is 244 g/mol. The van der Waals surface area contributed by atoms with Crippen molar-refractivity contribution in [3.63, 3.8) is 0 Å². The molecule has 0 spiro atoms. The Kier molecular flexibility index (Phi) is 3.18. The third kappa shape index (κ3) is 2.66. The first-order valence-electron chi connectivity index (χ1n) is 4.05. The van der Waals surface area contributed by atoms with Crippen molar-refractivity contribution < 1.29 is 31.4 Å². The van der Waals surface area contributed by atoms with E-state index in [1.165, 1.54) is 6.08 Å². The number of allylic oxidation sites excluding steroid dienone is 3. The lowest BCUT2D eigenvalue weighted by molar-refractivity contribution is -0.173. The highest BCUT2D eigenvalue weighted by Crippen LogP contribution is 2.42. The zero-order valence-electron chi connectivity index (χ0n) is 7.60. The Balaban J connectivity index is 3.36. The lowest BCUT2D eigenvalue weighted by Gasteiger charge is -2.21. The van der Waals surface area contributed by atoms with E-state index >= 15 is 0 Å². The van der Waals surface area contributed by atoms with E-state index in [2.05, 4.69) is 0 Å². The first-order chi connectivity index (χ1) is 7.14. The normalized spacial score (nSPS) is 21.4. The molecule has 1 N–H and O–H groups in total. The van der Waals surface area contributed by atoms with Gasteiger partial charge in [-0.3, -0.25) is 0 Å². The van der Waals surface area contributed by atoms with Crippen LogP contribution in [0.4, 0.5) is 26.3 Å². The molecule has 1 rings (SSSR count). The smallest absolute Gasteiger partial charge is 0.384 e. The van der Waals surface area contributed by atoms with Gasteiger partial charge in [-0.25, -0.2) is 0 Å². The molecule has 0 radical (unpaired) electrons. The van der Waals surface area contributed by atoms with Crippen LogP contribution in [0, 0.1) is 0 Å². The zero-order chi connectivity index (χ0) is 12.6. The van der Waals surface area contributed by atoms with Crippen molar-refractivity contribution in [2.24, 2.45) is 0 Å². The summed E-state index contributed by atoms with van der Waals surface area (Å²) in [5.74, 6) is 0. The largest absolute Gasteiger partial charge is 0.421 e. The minimum Gasteiger partial charge on any atom is -0.384 e. The van der Waals surface area contributed by atoms with Crippen LogP contribution in [0.5, 0.6) is 0 Å². The molecule has 0 heterocycles. The fourth-order valence-corrected chi connectivity index (χ4v) is 1.25. The van der Waals surface area contributed by atoms with Crippen LogP contribution in [-0.2, 0) is 0 Å². The average molecular weight is 244 g/mol. The molecule has 0 aromatic carbocycles. The van der Waals surface area contributed by atoms with Crippen molar-refractivity contribution in [1.29, 1.82) is 0 Å². The fraction of sp³-hybridized carbons (Fsp3) is 0.333. The number of rotatable bonds is 0. The number of hydrogen-bond donors (Lipinski definition) is 1. The highest BCUT2D eigenvalue weighted by molar-refractivity contribution is 5.41. The topological polar surface area (TPSA) is 20.2 Å². The Hall–Kier alpha value is -1.24. The van der Waals surface area contributed by atoms with Gasteiger partial charge in [0.05, 0.1) is 6.10 Å². The summed E-state index contributed by atoms with van der Waals surface area (Å²) in [5.41, 5.74) is -3.87. The second kappa shape index (κ2) is 3.97. The maximum atomic E-state index is 12.2. The van der Waals surface area contributed by atoms with Gasteiger partial charge in [0.25, 0.3) is 0 Å². The van der Waals surface area contributed by atoms with Crippen molar-refractivity contribution in [3.05, 3.63) is 35.5 Å². The van der Waals surface area contributed by atoms with Gasteiger partial charge in [-0.1, -0.05) is 24.3 Å². The van der Waals surface area contributed by atoms with E-state index in [1.807, 2.05) is 0 Å². The van der Waals surface area contributed by atoms with Crippen LogP contribution in [0.2, 0.25) is 0 Å². The van der Waals surface area contributed by atoms with Crippen molar-refractivity contribution >= 4 is 0 Å². The van der Waals surface area contributed by atoms with E-state index in [9.17, 15) is 26.3 Å². The van der Waals surface area contributed by atoms with Crippen LogP contribution in [-0.4, -0.2) is 23.6 Å². The second-order valence-corrected chi connectivity index (χ2v) is 3.01. The standard InChI is InChI=1S/C9H6F6O/c10-8(11,12)7(9(13,14)15)5-3-1-2-4-6(5)16/h1-4,6,16H. The van der Waals surface area contributed by atoms with Gasteiger partial charge < -0.3 is 5.11 Å². The Labute approximate surface area is 86.4 Å². The molecule has 7 heteroatoms. The molecule has 0 aromatic heterocycles. The first-order valence-corrected chi connectivity index (χ1v) is 4.05. The molecule has 1 atom stereocenters. The summed E-state index contributed by atoms with van der Waals surface area (Å²) in [6.07, 6.45) is -9.40. The molecule has 0 aromatic rings. The van der Waals surface area contributed by atoms with Crippen LogP contribution >= 0.6 is 0 Å². The predicted octanol–water partition coefficient (Wildman–Crippen LogP) is 2.89. The van der Waals surface area contributed by atoms with E-state index in [0.29, 0.717) is 6.08 Å². The van der Waals surface area contributed by atoms with Gasteiger partial charge in [0, 0.05) is 5.57 Å². The number of halogens is 6. The molecule has 0 amide bonds. The molecular formula is C9H6F6O. The van der Waals surface area contributed by atoms with Gasteiger partial charge >= 0.3 is 12.4 Å². The summed E-state index contributed by atoms with van der Waals surface area (Å²) in [6, 6.07) is 0. The number of hydrogen-bond acceptors (Lipinski definition) is 1. The fourth-order valence-electron chi connectivity index (χ4n) is 1.25. The molecule has 0 bridgehead atoms. The minimum atomic E-state index is -5.55. The zero-order valence-corrected chi connectivity index (χ0v) is 7.60. The molecule has 16 heavy (non-hydrogen) atoms. The van der Waals surface area contributed by atoms with Gasteiger partial charge in [0.2, 0.25) is 0 Å². The highest BCUT2D eigenvalue weighted by Gasteiger charge is 2.53. The molecule has 0 saturated heterocycles. The molecule has 1 unspecified atom stereocenters. The predicted molar refractivity (Wildman–Crippen MR) is 43.4 cm³/mol. The van der Waals surface area contributed by atoms with E-state index in [1.54, 1.807) is 0 Å². The van der Waals surface area contributed by atoms with Crippen molar-refractivity contribution in [1.82, 2.24) is 0 Å². The Morgan fingerprint density at radius 1 is 1.00 bits per heavy atom. The van der Waals surface area contributed by atoms with Gasteiger partial charge in [0.1, 0.15) is 5.57 Å². The summed E-state index contributed by atoms with van der Waals surface area (Å²) < 4.78 is 73.4. The first kappa shape index (κ1) is 12.8. The van der Waals surface area contributed by atoms with Crippen LogP contribution in [0.15, 0.2) is 35.5 Å². The number of aliphatic hydroxyl groups is 1. The maximum Gasteiger partial charge on any atom is 0.421 e. The lowest BCUT2D eigenvalue weighted by Crippen LogP contribution is -2.30. The van der Waals surface area contributed by atoms with Gasteiger partial charge in [-0.2, -0.15) is 26.3 Å². The van der Waals surface area contributed by atoms with E-state index in [-0.39, 0.29) is 0 Å². The molecular weight excluding hydrogens is 238 g/mol. The summed E-state index contributed by atoms with van der Waals surface area (Å²) in [7, 11) is 0. The summed E-state index contributed by atoms with van der Waals surface area (Å²) >= 11 is 0. The van der Waals surface area contributed by atoms with E-state index < -0.39 is 29.6 Å². The summed E-state index contributed by atoms with van der Waals surface area (Å²) in [6.45, 7) is 0. The van der Waals surface area contributed by atoms with Gasteiger partial charge in [-0.05, 0) is 0 Å². The Morgan fingerprint density at radius 2 is 1.50 bits per heavy atom. The average Bonchev–Trinajstić information content (AvgIpc) is 2.03. The van der Waals surface area contributed by atoms with Gasteiger partial charge in [0.15, 0.2) is 0 Å². The van der Waals surface area contributed by atoms with Crippen molar-refractivity contribution in [2.75, 3.05) is 0 Å². The molecule has 1 aliphatic carbocycles. The molecule has 1 nitrogen and oxygen atoms in total. The molecule has 0 fully saturated rings. The Bertz CT molecular complexity index is 341. The molecule has 90 valence electrons. The van der Waals surface area contributed by atoms with Crippen LogP contribution in [0.3, 0.4) is 0 Å². The SMILES string of the molecule is OC1C=CC=CC1=C(C(F)(F)F)C(F)(F)F. The summed E-state index contributed by atoms with van der Waals surface area (Å²) in [5, 5.41) is 9.07. The number of alkyl halides is 6. The van der Waals surface area contributed by atoms with Crippen molar-refractivity contribution in [3.8, 4) is 0 Å². The van der Waals surface area contributed by atoms with Crippen molar-refractivity contribution in [2.45, 2.75) is 18.5 Å². The molecule has 0 aliphatic heterocycles.